The maximum Gasteiger partial charge on any atom is 0.237 e. The van der Waals surface area contributed by atoms with E-state index in [0.29, 0.717) is 6.04 Å². The molecule has 0 bridgehead atoms. The molecule has 1 amide bonds. The zero-order valence-electron chi connectivity index (χ0n) is 15.8. The number of hydrogen-bond donors (Lipinski definition) is 0. The number of carbonyl (C=O) groups is 1. The molecule has 2 aliphatic rings. The van der Waals surface area contributed by atoms with Gasteiger partial charge in [-0.05, 0) is 57.4 Å². The minimum Gasteiger partial charge on any atom is -0.308 e. The van der Waals surface area contributed by atoms with Gasteiger partial charge in [0.2, 0.25) is 5.91 Å². The maximum absolute atomic E-state index is 12.9. The molecule has 2 aromatic heterocycles. The van der Waals surface area contributed by atoms with Crippen LogP contribution in [-0.4, -0.2) is 26.5 Å². The van der Waals surface area contributed by atoms with E-state index in [1.165, 1.54) is 0 Å². The smallest absolute Gasteiger partial charge is 0.237 e. The Bertz CT molecular complexity index is 1060. The maximum atomic E-state index is 12.9. The van der Waals surface area contributed by atoms with Crippen molar-refractivity contribution in [1.82, 2.24) is 14.5 Å². The fourth-order valence-corrected chi connectivity index (χ4v) is 3.94. The summed E-state index contributed by atoms with van der Waals surface area (Å²) in [5.41, 5.74) is 5.67. The van der Waals surface area contributed by atoms with E-state index in [1.807, 2.05) is 54.9 Å². The standard InChI is InChI=1S/C22H22N4O/c1-14-10-17(8-9-23-14)25-12-19(24-13-25)15-4-7-18-20(11-15)26(16-5-6-16)21(27)22(18,2)3/h4,7-13,16H,5-6H2,1-3H3. The van der Waals surface area contributed by atoms with Gasteiger partial charge in [0.1, 0.15) is 0 Å². The first-order valence-corrected chi connectivity index (χ1v) is 9.41. The van der Waals surface area contributed by atoms with Gasteiger partial charge in [0.05, 0.1) is 17.4 Å². The van der Waals surface area contributed by atoms with Crippen LogP contribution in [0.15, 0.2) is 49.1 Å². The topological polar surface area (TPSA) is 51.0 Å². The second kappa shape index (κ2) is 5.52. The quantitative estimate of drug-likeness (QED) is 0.710. The summed E-state index contributed by atoms with van der Waals surface area (Å²) in [6, 6.07) is 10.7. The molecule has 5 nitrogen and oxygen atoms in total. The van der Waals surface area contributed by atoms with Crippen LogP contribution in [0.25, 0.3) is 16.9 Å². The largest absolute Gasteiger partial charge is 0.308 e. The summed E-state index contributed by atoms with van der Waals surface area (Å²) in [4.78, 5) is 23.8. The van der Waals surface area contributed by atoms with E-state index in [1.54, 1.807) is 6.20 Å². The lowest BCUT2D eigenvalue weighted by molar-refractivity contribution is -0.122. The Balaban J connectivity index is 1.56. The first kappa shape index (κ1) is 16.2. The van der Waals surface area contributed by atoms with Crippen molar-refractivity contribution in [3.63, 3.8) is 0 Å². The van der Waals surface area contributed by atoms with Crippen molar-refractivity contribution in [3.8, 4) is 16.9 Å². The summed E-state index contributed by atoms with van der Waals surface area (Å²) in [6.07, 6.45) is 7.86. The molecule has 1 fully saturated rings. The summed E-state index contributed by atoms with van der Waals surface area (Å²) in [5, 5.41) is 0. The Morgan fingerprint density at radius 2 is 1.93 bits per heavy atom. The van der Waals surface area contributed by atoms with Crippen LogP contribution in [-0.2, 0) is 10.2 Å². The molecule has 3 heterocycles. The molecular weight excluding hydrogens is 336 g/mol. The number of rotatable bonds is 3. The van der Waals surface area contributed by atoms with Gasteiger partial charge >= 0.3 is 0 Å². The molecule has 1 aliphatic heterocycles. The Labute approximate surface area is 158 Å². The number of imidazole rings is 1. The number of aryl methyl sites for hydroxylation is 1. The van der Waals surface area contributed by atoms with Gasteiger partial charge in [-0.2, -0.15) is 0 Å². The highest BCUT2D eigenvalue weighted by Crippen LogP contribution is 2.47. The molecule has 1 aromatic carbocycles. The average Bonchev–Trinajstić information content (AvgIpc) is 3.31. The van der Waals surface area contributed by atoms with E-state index in [0.717, 1.165) is 46.7 Å². The lowest BCUT2D eigenvalue weighted by Crippen LogP contribution is -2.37. The monoisotopic (exact) mass is 358 g/mol. The molecule has 27 heavy (non-hydrogen) atoms. The number of carbonyl (C=O) groups excluding carboxylic acids is 1. The molecule has 0 radical (unpaired) electrons. The molecule has 3 aromatic rings. The van der Waals surface area contributed by atoms with Gasteiger partial charge in [-0.25, -0.2) is 4.98 Å². The highest BCUT2D eigenvalue weighted by molar-refractivity contribution is 6.08. The third-order valence-electron chi connectivity index (χ3n) is 5.65. The normalized spacial score (nSPS) is 18.0. The van der Waals surface area contributed by atoms with E-state index in [-0.39, 0.29) is 5.91 Å². The first-order chi connectivity index (χ1) is 12.9. The predicted octanol–water partition coefficient (Wildman–Crippen LogP) is 4.03. The second-order valence-electron chi connectivity index (χ2n) is 8.08. The Morgan fingerprint density at radius 1 is 1.11 bits per heavy atom. The third-order valence-corrected chi connectivity index (χ3v) is 5.65. The van der Waals surface area contributed by atoms with Gasteiger partial charge in [-0.1, -0.05) is 12.1 Å². The molecule has 1 aliphatic carbocycles. The Hall–Kier alpha value is -2.95. The summed E-state index contributed by atoms with van der Waals surface area (Å²) < 4.78 is 2.00. The Kier molecular flexibility index (Phi) is 3.32. The third kappa shape index (κ3) is 2.49. The van der Waals surface area contributed by atoms with Crippen LogP contribution in [0.4, 0.5) is 5.69 Å². The van der Waals surface area contributed by atoms with E-state index in [9.17, 15) is 4.79 Å². The number of amides is 1. The number of hydrogen-bond acceptors (Lipinski definition) is 3. The second-order valence-corrected chi connectivity index (χ2v) is 8.08. The molecule has 1 saturated carbocycles. The number of anilines is 1. The molecule has 0 unspecified atom stereocenters. The summed E-state index contributed by atoms with van der Waals surface area (Å²) in [5.74, 6) is 0.218. The van der Waals surface area contributed by atoms with Crippen LogP contribution in [0.5, 0.6) is 0 Å². The molecule has 5 rings (SSSR count). The van der Waals surface area contributed by atoms with Crippen molar-refractivity contribution in [1.29, 1.82) is 0 Å². The van der Waals surface area contributed by atoms with Crippen molar-refractivity contribution in [2.75, 3.05) is 4.90 Å². The van der Waals surface area contributed by atoms with E-state index >= 15 is 0 Å². The number of fused-ring (bicyclic) bond motifs is 1. The molecule has 5 heteroatoms. The summed E-state index contributed by atoms with van der Waals surface area (Å²) >= 11 is 0. The zero-order valence-corrected chi connectivity index (χ0v) is 15.8. The Morgan fingerprint density at radius 3 is 2.67 bits per heavy atom. The van der Waals surface area contributed by atoms with Crippen LogP contribution in [0.2, 0.25) is 0 Å². The van der Waals surface area contributed by atoms with Gasteiger partial charge < -0.3 is 9.47 Å². The first-order valence-electron chi connectivity index (χ1n) is 9.41. The van der Waals surface area contributed by atoms with Gasteiger partial charge in [-0.3, -0.25) is 9.78 Å². The molecule has 0 spiro atoms. The van der Waals surface area contributed by atoms with Gasteiger partial charge in [0.25, 0.3) is 0 Å². The van der Waals surface area contributed by atoms with Crippen molar-refractivity contribution in [2.24, 2.45) is 0 Å². The highest BCUT2D eigenvalue weighted by Gasteiger charge is 2.48. The van der Waals surface area contributed by atoms with Crippen molar-refractivity contribution >= 4 is 11.6 Å². The van der Waals surface area contributed by atoms with Crippen LogP contribution >= 0.6 is 0 Å². The van der Waals surface area contributed by atoms with E-state index in [4.69, 9.17) is 0 Å². The molecule has 0 saturated heterocycles. The number of benzene rings is 1. The van der Waals surface area contributed by atoms with Crippen molar-refractivity contribution < 1.29 is 4.79 Å². The lowest BCUT2D eigenvalue weighted by atomic mass is 9.86. The fraction of sp³-hybridized carbons (Fsp3) is 0.318. The van der Waals surface area contributed by atoms with Gasteiger partial charge in [-0.15, -0.1) is 0 Å². The van der Waals surface area contributed by atoms with Crippen LogP contribution in [0.3, 0.4) is 0 Å². The minimum atomic E-state index is -0.454. The lowest BCUT2D eigenvalue weighted by Gasteiger charge is -2.19. The molecular formula is C22H22N4O. The highest BCUT2D eigenvalue weighted by atomic mass is 16.2. The van der Waals surface area contributed by atoms with Gasteiger partial charge in [0, 0.05) is 41.1 Å². The number of aromatic nitrogens is 3. The molecule has 0 atom stereocenters. The zero-order chi connectivity index (χ0) is 18.8. The van der Waals surface area contributed by atoms with E-state index in [2.05, 4.69) is 28.2 Å². The van der Waals surface area contributed by atoms with Crippen LogP contribution in [0, 0.1) is 6.92 Å². The molecule has 136 valence electrons. The van der Waals surface area contributed by atoms with Crippen LogP contribution in [0.1, 0.15) is 37.9 Å². The molecule has 0 N–H and O–H groups in total. The number of pyridine rings is 1. The fourth-order valence-electron chi connectivity index (χ4n) is 3.94. The van der Waals surface area contributed by atoms with Crippen molar-refractivity contribution in [2.45, 2.75) is 45.1 Å². The SMILES string of the molecule is Cc1cc(-n2cnc(-c3ccc4c(c3)N(C3CC3)C(=O)C4(C)C)c2)ccn1. The number of nitrogens with zero attached hydrogens (tertiary/aromatic N) is 4. The summed E-state index contributed by atoms with van der Waals surface area (Å²) in [7, 11) is 0. The predicted molar refractivity (Wildman–Crippen MR) is 105 cm³/mol. The summed E-state index contributed by atoms with van der Waals surface area (Å²) in [6.45, 7) is 6.03. The van der Waals surface area contributed by atoms with Crippen molar-refractivity contribution in [3.05, 3.63) is 60.3 Å². The van der Waals surface area contributed by atoms with Gasteiger partial charge in [0.15, 0.2) is 0 Å². The van der Waals surface area contributed by atoms with E-state index < -0.39 is 5.41 Å². The average molecular weight is 358 g/mol. The minimum absolute atomic E-state index is 0.218. The van der Waals surface area contributed by atoms with Crippen LogP contribution < -0.4 is 4.90 Å².